The van der Waals surface area contributed by atoms with Crippen molar-refractivity contribution in [2.75, 3.05) is 6.61 Å². The predicted octanol–water partition coefficient (Wildman–Crippen LogP) is 2.02. The number of nitrogens with one attached hydrogen (secondary N) is 1. The van der Waals surface area contributed by atoms with Gasteiger partial charge in [-0.05, 0) is 6.92 Å². The van der Waals surface area contributed by atoms with Crippen molar-refractivity contribution >= 4 is 19.8 Å². The number of nitrogens with zero attached hydrogens (tertiary/aromatic N) is 1. The van der Waals surface area contributed by atoms with Crippen LogP contribution in [0.15, 0.2) is 5.10 Å². The molecule has 0 spiro atoms. The Balaban J connectivity index is 2.90. The molecule has 0 aromatic carbocycles. The van der Waals surface area contributed by atoms with Crippen LogP contribution in [-0.4, -0.2) is 29.9 Å². The maximum Gasteiger partial charge on any atom is 0.431 e. The first-order valence-corrected chi connectivity index (χ1v) is 5.31. The van der Waals surface area contributed by atoms with Gasteiger partial charge in [0, 0.05) is 0 Å². The maximum atomic E-state index is 13.2. The third kappa shape index (κ3) is 2.23. The first kappa shape index (κ1) is 13.1. The molecule has 0 radical (unpaired) electrons. The summed E-state index contributed by atoms with van der Waals surface area (Å²) in [7, 11) is -3.90. The summed E-state index contributed by atoms with van der Waals surface area (Å²) in [5.74, 6) is -6.69. The van der Waals surface area contributed by atoms with E-state index in [1.807, 2.05) is 0 Å². The highest BCUT2D eigenvalue weighted by Crippen LogP contribution is 2.63. The van der Waals surface area contributed by atoms with Crippen LogP contribution in [0.25, 0.3) is 0 Å². The standard InChI is InChI=1S/C6H6F5N2O2P/c1-2-15-4(14)3-5(7,8)16(13-12-3)6(9,10)11/h13H,2H2,1H3. The number of alkyl halides is 5. The average Bonchev–Trinajstić information content (AvgIpc) is 2.40. The summed E-state index contributed by atoms with van der Waals surface area (Å²) >= 11 is 0. The summed E-state index contributed by atoms with van der Waals surface area (Å²) < 4.78 is 66.9. The van der Waals surface area contributed by atoms with Gasteiger partial charge in [-0.15, -0.1) is 0 Å². The Morgan fingerprint density at radius 2 is 2.12 bits per heavy atom. The summed E-state index contributed by atoms with van der Waals surface area (Å²) in [6.45, 7) is 1.11. The molecule has 0 fully saturated rings. The fourth-order valence-corrected chi connectivity index (χ4v) is 2.03. The third-order valence-electron chi connectivity index (χ3n) is 1.55. The van der Waals surface area contributed by atoms with E-state index in [2.05, 4.69) is 9.84 Å². The lowest BCUT2D eigenvalue weighted by Crippen LogP contribution is -2.35. The lowest BCUT2D eigenvalue weighted by molar-refractivity contribution is -0.135. The van der Waals surface area contributed by atoms with Crippen molar-refractivity contribution < 1.29 is 31.5 Å². The van der Waals surface area contributed by atoms with Crippen LogP contribution >= 0.6 is 8.07 Å². The fourth-order valence-electron chi connectivity index (χ4n) is 0.920. The minimum absolute atomic E-state index is 0.224. The molecule has 1 aliphatic heterocycles. The Kier molecular flexibility index (Phi) is 3.37. The van der Waals surface area contributed by atoms with Crippen LogP contribution in [0.1, 0.15) is 6.92 Å². The molecule has 1 rings (SSSR count). The van der Waals surface area contributed by atoms with E-state index in [0.717, 1.165) is 0 Å². The van der Waals surface area contributed by atoms with Gasteiger partial charge < -0.3 is 4.74 Å². The Hall–Kier alpha value is -0.980. The monoisotopic (exact) mass is 264 g/mol. The van der Waals surface area contributed by atoms with Gasteiger partial charge in [-0.2, -0.15) is 27.1 Å². The molecule has 16 heavy (non-hydrogen) atoms. The average molecular weight is 264 g/mol. The number of rotatable bonds is 2. The van der Waals surface area contributed by atoms with Gasteiger partial charge in [0.05, 0.1) is 6.61 Å². The van der Waals surface area contributed by atoms with Crippen molar-refractivity contribution in [3.05, 3.63) is 0 Å². The number of carbonyl (C=O) groups excluding carboxylic acids is 1. The smallest absolute Gasteiger partial charge is 0.431 e. The molecule has 10 heteroatoms. The maximum absolute atomic E-state index is 13.2. The lowest BCUT2D eigenvalue weighted by atomic mass is 10.4. The van der Waals surface area contributed by atoms with Crippen LogP contribution in [0.5, 0.6) is 0 Å². The molecule has 0 aliphatic carbocycles. The zero-order valence-corrected chi connectivity index (χ0v) is 8.70. The van der Waals surface area contributed by atoms with E-state index >= 15 is 0 Å². The molecule has 0 aromatic heterocycles. The summed E-state index contributed by atoms with van der Waals surface area (Å²) in [5.41, 5.74) is -5.89. The molecule has 0 saturated heterocycles. The predicted molar refractivity (Wildman–Crippen MR) is 45.1 cm³/mol. The van der Waals surface area contributed by atoms with Crippen molar-refractivity contribution in [3.63, 3.8) is 0 Å². The lowest BCUT2D eigenvalue weighted by Gasteiger charge is -2.20. The zero-order valence-electron chi connectivity index (χ0n) is 7.81. The highest BCUT2D eigenvalue weighted by molar-refractivity contribution is 7.59. The first-order valence-electron chi connectivity index (χ1n) is 3.97. The van der Waals surface area contributed by atoms with E-state index in [1.165, 1.54) is 12.1 Å². The number of hydrazone groups is 1. The van der Waals surface area contributed by atoms with Gasteiger partial charge in [-0.25, -0.2) is 4.79 Å². The first-order chi connectivity index (χ1) is 7.21. The van der Waals surface area contributed by atoms with Crippen molar-refractivity contribution in [2.45, 2.75) is 18.5 Å². The second kappa shape index (κ2) is 4.12. The van der Waals surface area contributed by atoms with Crippen LogP contribution in [0.4, 0.5) is 22.0 Å². The van der Waals surface area contributed by atoms with Crippen molar-refractivity contribution in [2.24, 2.45) is 5.10 Å². The highest BCUT2D eigenvalue weighted by atomic mass is 31.1. The summed E-state index contributed by atoms with van der Waals surface area (Å²) in [4.78, 5) is 10.9. The Morgan fingerprint density at radius 1 is 1.56 bits per heavy atom. The Labute approximate surface area is 87.6 Å². The quantitative estimate of drug-likeness (QED) is 0.471. The molecule has 1 N–H and O–H groups in total. The van der Waals surface area contributed by atoms with Gasteiger partial charge in [0.25, 0.3) is 0 Å². The molecule has 4 nitrogen and oxygen atoms in total. The molecule has 0 saturated carbocycles. The van der Waals surface area contributed by atoms with Crippen molar-refractivity contribution in [1.29, 1.82) is 0 Å². The number of hydrogen-bond acceptors (Lipinski definition) is 4. The van der Waals surface area contributed by atoms with E-state index in [0.29, 0.717) is 0 Å². The van der Waals surface area contributed by atoms with E-state index in [9.17, 15) is 26.7 Å². The van der Waals surface area contributed by atoms with E-state index in [1.54, 1.807) is 0 Å². The van der Waals surface area contributed by atoms with Crippen LogP contribution in [0.3, 0.4) is 0 Å². The molecule has 0 bridgehead atoms. The summed E-state index contributed by atoms with van der Waals surface area (Å²) in [6, 6.07) is 0. The van der Waals surface area contributed by atoms with Crippen molar-refractivity contribution in [1.82, 2.24) is 5.20 Å². The Morgan fingerprint density at radius 3 is 2.50 bits per heavy atom. The van der Waals surface area contributed by atoms with E-state index in [4.69, 9.17) is 0 Å². The van der Waals surface area contributed by atoms with Crippen LogP contribution in [0.2, 0.25) is 0 Å². The van der Waals surface area contributed by atoms with Crippen molar-refractivity contribution in [3.8, 4) is 0 Å². The molecule has 1 atom stereocenters. The molecule has 0 aromatic rings. The molecule has 1 unspecified atom stereocenters. The van der Waals surface area contributed by atoms with Gasteiger partial charge >= 0.3 is 17.6 Å². The zero-order chi connectivity index (χ0) is 12.6. The molecular formula is C6H6F5N2O2P. The third-order valence-corrected chi connectivity index (χ3v) is 3.13. The van der Waals surface area contributed by atoms with Crippen LogP contribution in [-0.2, 0) is 9.53 Å². The molecule has 92 valence electrons. The summed E-state index contributed by atoms with van der Waals surface area (Å²) in [5, 5.41) is 3.96. The highest BCUT2D eigenvalue weighted by Gasteiger charge is 2.64. The molecule has 1 heterocycles. The van der Waals surface area contributed by atoms with Gasteiger partial charge in [0.15, 0.2) is 0 Å². The second-order valence-corrected chi connectivity index (χ2v) is 4.56. The molecular weight excluding hydrogens is 258 g/mol. The Bertz CT molecular complexity index is 329. The van der Waals surface area contributed by atoms with Gasteiger partial charge in [-0.3, -0.25) is 5.20 Å². The normalized spacial score (nSPS) is 23.6. The fraction of sp³-hybridized carbons (Fsp3) is 0.667. The number of hydrogen-bond donors (Lipinski definition) is 1. The number of carbonyl (C=O) groups is 1. The second-order valence-electron chi connectivity index (χ2n) is 2.63. The minimum Gasteiger partial charge on any atom is -0.461 e. The number of halogens is 5. The molecule has 0 amide bonds. The number of ether oxygens (including phenoxy) is 1. The van der Waals surface area contributed by atoms with Gasteiger partial charge in [0.2, 0.25) is 13.8 Å². The van der Waals surface area contributed by atoms with Gasteiger partial charge in [-0.1, -0.05) is 0 Å². The summed E-state index contributed by atoms with van der Waals surface area (Å²) in [6.07, 6.45) is 0. The van der Waals surface area contributed by atoms with Crippen LogP contribution in [0, 0.1) is 0 Å². The minimum atomic E-state index is -5.14. The SMILES string of the molecule is CCOC(=O)C1=NNP(C(F)(F)F)C1(F)F. The molecule has 1 aliphatic rings. The largest absolute Gasteiger partial charge is 0.461 e. The van der Waals surface area contributed by atoms with Crippen LogP contribution < -0.4 is 5.20 Å². The number of esters is 1. The topological polar surface area (TPSA) is 50.7 Å². The van der Waals surface area contributed by atoms with Gasteiger partial charge in [0.1, 0.15) is 0 Å². The van der Waals surface area contributed by atoms with E-state index < -0.39 is 31.3 Å². The van der Waals surface area contributed by atoms with E-state index in [-0.39, 0.29) is 6.61 Å².